The van der Waals surface area contributed by atoms with Crippen molar-refractivity contribution >= 4 is 23.5 Å². The summed E-state index contributed by atoms with van der Waals surface area (Å²) in [5, 5.41) is 5.16. The first-order valence-corrected chi connectivity index (χ1v) is 7.67. The molecule has 1 aliphatic rings. The maximum Gasteiger partial charge on any atom is 0.446 e. The lowest BCUT2D eigenvalue weighted by Gasteiger charge is -2.17. The molecule has 0 saturated carbocycles. The van der Waals surface area contributed by atoms with E-state index >= 15 is 0 Å². The highest BCUT2D eigenvalue weighted by Gasteiger charge is 2.32. The molecule has 2 rings (SSSR count). The van der Waals surface area contributed by atoms with Gasteiger partial charge in [0.25, 0.3) is 0 Å². The Hall–Kier alpha value is -1.45. The molecule has 1 atom stereocenters. The number of nitrogens with one attached hydrogen (secondary N) is 2. The number of rotatable bonds is 4. The maximum absolute atomic E-state index is 12.2. The number of carbonyl (C=O) groups is 1. The van der Waals surface area contributed by atoms with Crippen molar-refractivity contribution in [2.45, 2.75) is 36.1 Å². The molecule has 2 N–H and O–H groups in total. The van der Waals surface area contributed by atoms with Gasteiger partial charge in [0.15, 0.2) is 5.79 Å². The maximum atomic E-state index is 12.2. The van der Waals surface area contributed by atoms with Gasteiger partial charge in [-0.1, -0.05) is 0 Å². The number of hydrogen-bond acceptors (Lipinski definition) is 4. The summed E-state index contributed by atoms with van der Waals surface area (Å²) in [6, 6.07) is 4.95. The van der Waals surface area contributed by atoms with Crippen molar-refractivity contribution in [3.63, 3.8) is 0 Å². The highest BCUT2D eigenvalue weighted by Crippen LogP contribution is 2.37. The molecule has 0 aromatic heterocycles. The molecule has 0 radical (unpaired) electrons. The number of alkyl halides is 3. The van der Waals surface area contributed by atoms with E-state index in [0.717, 1.165) is 0 Å². The lowest BCUT2D eigenvalue weighted by atomic mass is 10.3. The second-order valence-electron chi connectivity index (χ2n) is 5.36. The largest absolute Gasteiger partial charge is 0.446 e. The number of halogens is 3. The minimum Gasteiger partial charge on any atom is -0.348 e. The minimum absolute atomic E-state index is 0.0576. The summed E-state index contributed by atoms with van der Waals surface area (Å²) in [5.74, 6) is -0.658. The van der Waals surface area contributed by atoms with Gasteiger partial charge in [0.05, 0.1) is 6.61 Å². The van der Waals surface area contributed by atoms with E-state index in [9.17, 15) is 18.0 Å². The second kappa shape index (κ2) is 6.98. The predicted molar refractivity (Wildman–Crippen MR) is 80.3 cm³/mol. The lowest BCUT2D eigenvalue weighted by molar-refractivity contribution is -0.137. The number of benzene rings is 1. The van der Waals surface area contributed by atoms with E-state index in [1.807, 2.05) is 0 Å². The fraction of sp³-hybridized carbons (Fsp3) is 0.500. The molecule has 0 bridgehead atoms. The first kappa shape index (κ1) is 17.9. The molecule has 1 aromatic carbocycles. The third-order valence-corrected chi connectivity index (χ3v) is 3.64. The average Bonchev–Trinajstić information content (AvgIpc) is 2.77. The number of ether oxygens (including phenoxy) is 2. The van der Waals surface area contributed by atoms with Gasteiger partial charge in [0, 0.05) is 17.1 Å². The van der Waals surface area contributed by atoms with Gasteiger partial charge in [-0.15, -0.1) is 0 Å². The van der Waals surface area contributed by atoms with Crippen LogP contribution in [-0.4, -0.2) is 36.6 Å². The monoisotopic (exact) mass is 350 g/mol. The number of hydrogen-bond donors (Lipinski definition) is 2. The molecule has 9 heteroatoms. The van der Waals surface area contributed by atoms with Crippen molar-refractivity contribution in [3.8, 4) is 0 Å². The van der Waals surface area contributed by atoms with Crippen LogP contribution in [-0.2, 0) is 9.47 Å². The summed E-state index contributed by atoms with van der Waals surface area (Å²) in [5.41, 5.74) is -3.93. The smallest absolute Gasteiger partial charge is 0.348 e. The Morgan fingerprint density at radius 2 is 2.00 bits per heavy atom. The molecule has 23 heavy (non-hydrogen) atoms. The van der Waals surface area contributed by atoms with Crippen LogP contribution in [0.1, 0.15) is 13.8 Å². The summed E-state index contributed by atoms with van der Waals surface area (Å²) in [6.45, 7) is 4.23. The Kier molecular flexibility index (Phi) is 5.43. The van der Waals surface area contributed by atoms with Gasteiger partial charge >= 0.3 is 11.5 Å². The van der Waals surface area contributed by atoms with Gasteiger partial charge in [-0.05, 0) is 49.9 Å². The Labute approximate surface area is 135 Å². The highest BCUT2D eigenvalue weighted by atomic mass is 32.2. The molecular formula is C14H17F3N2O3S. The van der Waals surface area contributed by atoms with E-state index in [2.05, 4.69) is 10.6 Å². The van der Waals surface area contributed by atoms with Crippen LogP contribution in [0.2, 0.25) is 0 Å². The van der Waals surface area contributed by atoms with Crippen LogP contribution >= 0.6 is 11.8 Å². The zero-order valence-corrected chi connectivity index (χ0v) is 13.4. The van der Waals surface area contributed by atoms with Crippen molar-refractivity contribution in [2.75, 3.05) is 18.5 Å². The van der Waals surface area contributed by atoms with Crippen LogP contribution in [0.4, 0.5) is 23.7 Å². The molecular weight excluding hydrogens is 333 g/mol. The van der Waals surface area contributed by atoms with Gasteiger partial charge in [-0.3, -0.25) is 0 Å². The van der Waals surface area contributed by atoms with E-state index in [0.29, 0.717) is 12.3 Å². The molecule has 0 spiro atoms. The molecule has 1 aromatic rings. The van der Waals surface area contributed by atoms with Crippen molar-refractivity contribution in [1.82, 2.24) is 5.32 Å². The highest BCUT2D eigenvalue weighted by molar-refractivity contribution is 8.00. The quantitative estimate of drug-likeness (QED) is 0.815. The molecule has 1 unspecified atom stereocenters. The Bertz CT molecular complexity index is 549. The molecule has 1 aliphatic heterocycles. The van der Waals surface area contributed by atoms with Crippen molar-refractivity contribution in [2.24, 2.45) is 0 Å². The zero-order chi connectivity index (χ0) is 17.1. The number of carbonyl (C=O) groups excluding carboxylic acids is 1. The SMILES string of the molecule is CC1(C)OCC(CNC(=O)Nc2ccc(SC(F)(F)F)cc2)O1. The van der Waals surface area contributed by atoms with Crippen LogP contribution in [0.15, 0.2) is 29.2 Å². The summed E-state index contributed by atoms with van der Waals surface area (Å²) >= 11 is -0.204. The molecule has 2 amide bonds. The Morgan fingerprint density at radius 3 is 2.52 bits per heavy atom. The normalized spacial score (nSPS) is 20.3. The van der Waals surface area contributed by atoms with Gasteiger partial charge in [-0.2, -0.15) is 13.2 Å². The molecule has 0 aliphatic carbocycles. The van der Waals surface area contributed by atoms with Gasteiger partial charge in [0.2, 0.25) is 0 Å². The van der Waals surface area contributed by atoms with E-state index in [1.54, 1.807) is 13.8 Å². The Balaban J connectivity index is 1.77. The molecule has 128 valence electrons. The summed E-state index contributed by atoms with van der Waals surface area (Å²) in [6.07, 6.45) is -0.235. The molecule has 1 fully saturated rings. The van der Waals surface area contributed by atoms with E-state index < -0.39 is 17.3 Å². The number of amides is 2. The lowest BCUT2D eigenvalue weighted by Crippen LogP contribution is -2.37. The first-order valence-electron chi connectivity index (χ1n) is 6.85. The van der Waals surface area contributed by atoms with Crippen LogP contribution in [0.3, 0.4) is 0 Å². The van der Waals surface area contributed by atoms with Gasteiger partial charge in [0.1, 0.15) is 6.10 Å². The topological polar surface area (TPSA) is 59.6 Å². The van der Waals surface area contributed by atoms with E-state index in [4.69, 9.17) is 9.47 Å². The summed E-state index contributed by atoms with van der Waals surface area (Å²) < 4.78 is 47.6. The molecule has 1 saturated heterocycles. The fourth-order valence-electron chi connectivity index (χ4n) is 1.99. The van der Waals surface area contributed by atoms with Crippen LogP contribution in [0, 0.1) is 0 Å². The number of anilines is 1. The van der Waals surface area contributed by atoms with Gasteiger partial charge in [-0.25, -0.2) is 4.79 Å². The third-order valence-electron chi connectivity index (χ3n) is 2.90. The van der Waals surface area contributed by atoms with Crippen molar-refractivity contribution in [3.05, 3.63) is 24.3 Å². The standard InChI is InChI=1S/C14H17F3N2O3S/c1-13(2)21-8-10(22-13)7-18-12(20)19-9-3-5-11(6-4-9)23-14(15,16)17/h3-6,10H,7-8H2,1-2H3,(H2,18,19,20). The average molecular weight is 350 g/mol. The fourth-order valence-corrected chi connectivity index (χ4v) is 2.52. The van der Waals surface area contributed by atoms with Crippen LogP contribution < -0.4 is 10.6 Å². The minimum atomic E-state index is -4.33. The zero-order valence-electron chi connectivity index (χ0n) is 12.6. The van der Waals surface area contributed by atoms with Crippen LogP contribution in [0.25, 0.3) is 0 Å². The number of thioether (sulfide) groups is 1. The molecule has 5 nitrogen and oxygen atoms in total. The van der Waals surface area contributed by atoms with E-state index in [1.165, 1.54) is 24.3 Å². The first-order chi connectivity index (χ1) is 10.6. The number of urea groups is 1. The van der Waals surface area contributed by atoms with E-state index in [-0.39, 0.29) is 29.3 Å². The van der Waals surface area contributed by atoms with Crippen molar-refractivity contribution < 1.29 is 27.4 Å². The van der Waals surface area contributed by atoms with Gasteiger partial charge < -0.3 is 20.1 Å². The van der Waals surface area contributed by atoms with Crippen molar-refractivity contribution in [1.29, 1.82) is 0 Å². The third kappa shape index (κ3) is 6.28. The summed E-state index contributed by atoms with van der Waals surface area (Å²) in [7, 11) is 0. The summed E-state index contributed by atoms with van der Waals surface area (Å²) in [4.78, 5) is 11.8. The second-order valence-corrected chi connectivity index (χ2v) is 6.50. The van der Waals surface area contributed by atoms with Crippen LogP contribution in [0.5, 0.6) is 0 Å². The molecule has 1 heterocycles. The predicted octanol–water partition coefficient (Wildman–Crippen LogP) is 3.57. The Morgan fingerprint density at radius 1 is 1.35 bits per heavy atom.